The SMILES string of the molecule is CCCCCNCCn1ccc2ccccc2c1=O. The van der Waals surface area contributed by atoms with Crippen molar-refractivity contribution in [1.29, 1.82) is 0 Å². The van der Waals surface area contributed by atoms with Crippen LogP contribution in [0.3, 0.4) is 0 Å². The number of nitrogens with zero attached hydrogens (tertiary/aromatic N) is 1. The number of aromatic nitrogens is 1. The van der Waals surface area contributed by atoms with Crippen molar-refractivity contribution in [2.45, 2.75) is 32.7 Å². The predicted octanol–water partition coefficient (Wildman–Crippen LogP) is 2.78. The molecular formula is C16H22N2O. The number of nitrogens with one attached hydrogen (secondary N) is 1. The summed E-state index contributed by atoms with van der Waals surface area (Å²) in [6.07, 6.45) is 5.61. The molecule has 2 rings (SSSR count). The fraction of sp³-hybridized carbons (Fsp3) is 0.438. The molecule has 0 aliphatic rings. The molecule has 0 unspecified atom stereocenters. The largest absolute Gasteiger partial charge is 0.315 e. The smallest absolute Gasteiger partial charge is 0.258 e. The van der Waals surface area contributed by atoms with Crippen molar-refractivity contribution < 1.29 is 0 Å². The van der Waals surface area contributed by atoms with Crippen molar-refractivity contribution in [2.24, 2.45) is 0 Å². The average molecular weight is 258 g/mol. The minimum atomic E-state index is 0.105. The van der Waals surface area contributed by atoms with Crippen LogP contribution in [-0.2, 0) is 6.54 Å². The van der Waals surface area contributed by atoms with Crippen LogP contribution in [0.2, 0.25) is 0 Å². The molecule has 1 aromatic heterocycles. The van der Waals surface area contributed by atoms with Gasteiger partial charge in [0.15, 0.2) is 0 Å². The van der Waals surface area contributed by atoms with E-state index in [0.29, 0.717) is 0 Å². The molecule has 0 amide bonds. The minimum Gasteiger partial charge on any atom is -0.315 e. The normalized spacial score (nSPS) is 11.0. The van der Waals surface area contributed by atoms with Crippen molar-refractivity contribution in [3.63, 3.8) is 0 Å². The zero-order chi connectivity index (χ0) is 13.5. The molecule has 1 aromatic carbocycles. The van der Waals surface area contributed by atoms with Crippen LogP contribution in [-0.4, -0.2) is 17.7 Å². The van der Waals surface area contributed by atoms with Crippen molar-refractivity contribution >= 4 is 10.8 Å². The van der Waals surface area contributed by atoms with Gasteiger partial charge in [0.1, 0.15) is 0 Å². The molecule has 3 heteroatoms. The van der Waals surface area contributed by atoms with E-state index in [0.717, 1.165) is 30.4 Å². The summed E-state index contributed by atoms with van der Waals surface area (Å²) in [5.41, 5.74) is 0.105. The number of unbranched alkanes of at least 4 members (excludes halogenated alkanes) is 2. The fourth-order valence-corrected chi connectivity index (χ4v) is 2.23. The van der Waals surface area contributed by atoms with E-state index in [9.17, 15) is 4.79 Å². The molecule has 2 aromatic rings. The third-order valence-corrected chi connectivity index (χ3v) is 3.37. The molecular weight excluding hydrogens is 236 g/mol. The highest BCUT2D eigenvalue weighted by atomic mass is 16.1. The van der Waals surface area contributed by atoms with Crippen LogP contribution in [0.5, 0.6) is 0 Å². The lowest BCUT2D eigenvalue weighted by molar-refractivity contribution is 0.563. The number of pyridine rings is 1. The second kappa shape index (κ2) is 7.10. The molecule has 0 saturated heterocycles. The zero-order valence-electron chi connectivity index (χ0n) is 11.6. The van der Waals surface area contributed by atoms with Crippen molar-refractivity contribution in [2.75, 3.05) is 13.1 Å². The quantitative estimate of drug-likeness (QED) is 0.775. The Morgan fingerprint density at radius 3 is 2.79 bits per heavy atom. The van der Waals surface area contributed by atoms with E-state index >= 15 is 0 Å². The Labute approximate surface area is 114 Å². The summed E-state index contributed by atoms with van der Waals surface area (Å²) in [6.45, 7) is 4.82. The van der Waals surface area contributed by atoms with E-state index in [1.54, 1.807) is 4.57 Å². The lowest BCUT2D eigenvalue weighted by Gasteiger charge is -2.08. The van der Waals surface area contributed by atoms with Crippen LogP contribution >= 0.6 is 0 Å². The Kier molecular flexibility index (Phi) is 5.16. The molecule has 0 bridgehead atoms. The Bertz CT molecular complexity index is 574. The van der Waals surface area contributed by atoms with Gasteiger partial charge in [0, 0.05) is 24.7 Å². The Balaban J connectivity index is 1.94. The molecule has 1 N–H and O–H groups in total. The predicted molar refractivity (Wildman–Crippen MR) is 80.6 cm³/mol. The molecule has 102 valence electrons. The van der Waals surface area contributed by atoms with Gasteiger partial charge < -0.3 is 9.88 Å². The van der Waals surface area contributed by atoms with E-state index in [1.165, 1.54) is 19.3 Å². The summed E-state index contributed by atoms with van der Waals surface area (Å²) >= 11 is 0. The van der Waals surface area contributed by atoms with Crippen molar-refractivity contribution in [3.8, 4) is 0 Å². The number of hydrogen-bond acceptors (Lipinski definition) is 2. The highest BCUT2D eigenvalue weighted by molar-refractivity contribution is 5.81. The Morgan fingerprint density at radius 1 is 1.11 bits per heavy atom. The van der Waals surface area contributed by atoms with Gasteiger partial charge in [0.25, 0.3) is 5.56 Å². The molecule has 1 heterocycles. The number of rotatable bonds is 7. The van der Waals surface area contributed by atoms with E-state index < -0.39 is 0 Å². The maximum Gasteiger partial charge on any atom is 0.258 e. The lowest BCUT2D eigenvalue weighted by Crippen LogP contribution is -2.27. The van der Waals surface area contributed by atoms with E-state index in [1.807, 2.05) is 36.5 Å². The van der Waals surface area contributed by atoms with Gasteiger partial charge in [-0.3, -0.25) is 4.79 Å². The van der Waals surface area contributed by atoms with Crippen LogP contribution in [0.4, 0.5) is 0 Å². The van der Waals surface area contributed by atoms with Gasteiger partial charge >= 0.3 is 0 Å². The van der Waals surface area contributed by atoms with Gasteiger partial charge in [-0.15, -0.1) is 0 Å². The first-order chi connectivity index (χ1) is 9.33. The van der Waals surface area contributed by atoms with Gasteiger partial charge in [0.2, 0.25) is 0 Å². The number of hydrogen-bond donors (Lipinski definition) is 1. The standard InChI is InChI=1S/C16H22N2O/c1-2-3-6-10-17-11-13-18-12-9-14-7-4-5-8-15(14)16(18)19/h4-5,7-9,12,17H,2-3,6,10-11,13H2,1H3. The number of benzene rings is 1. The Morgan fingerprint density at radius 2 is 1.95 bits per heavy atom. The summed E-state index contributed by atoms with van der Waals surface area (Å²) in [4.78, 5) is 12.2. The molecule has 3 nitrogen and oxygen atoms in total. The van der Waals surface area contributed by atoms with Crippen LogP contribution < -0.4 is 10.9 Å². The topological polar surface area (TPSA) is 34.0 Å². The summed E-state index contributed by atoms with van der Waals surface area (Å²) < 4.78 is 1.79. The first-order valence-corrected chi connectivity index (χ1v) is 7.12. The third-order valence-electron chi connectivity index (χ3n) is 3.37. The number of fused-ring (bicyclic) bond motifs is 1. The summed E-state index contributed by atoms with van der Waals surface area (Å²) in [7, 11) is 0. The Hall–Kier alpha value is -1.61. The molecule has 19 heavy (non-hydrogen) atoms. The highest BCUT2D eigenvalue weighted by Crippen LogP contribution is 2.07. The first-order valence-electron chi connectivity index (χ1n) is 7.12. The van der Waals surface area contributed by atoms with Crippen LogP contribution in [0.1, 0.15) is 26.2 Å². The second-order valence-corrected chi connectivity index (χ2v) is 4.86. The van der Waals surface area contributed by atoms with E-state index in [2.05, 4.69) is 12.2 Å². The minimum absolute atomic E-state index is 0.105. The van der Waals surface area contributed by atoms with Crippen LogP contribution in [0, 0.1) is 0 Å². The van der Waals surface area contributed by atoms with Gasteiger partial charge in [0.05, 0.1) is 0 Å². The molecule has 0 fully saturated rings. The van der Waals surface area contributed by atoms with Gasteiger partial charge in [-0.25, -0.2) is 0 Å². The molecule has 0 saturated carbocycles. The summed E-state index contributed by atoms with van der Waals surface area (Å²) in [5.74, 6) is 0. The van der Waals surface area contributed by atoms with E-state index in [4.69, 9.17) is 0 Å². The maximum atomic E-state index is 12.2. The van der Waals surface area contributed by atoms with E-state index in [-0.39, 0.29) is 5.56 Å². The van der Waals surface area contributed by atoms with Crippen molar-refractivity contribution in [3.05, 3.63) is 46.9 Å². The third kappa shape index (κ3) is 3.67. The van der Waals surface area contributed by atoms with Crippen molar-refractivity contribution in [1.82, 2.24) is 9.88 Å². The monoisotopic (exact) mass is 258 g/mol. The highest BCUT2D eigenvalue weighted by Gasteiger charge is 2.01. The summed E-state index contributed by atoms with van der Waals surface area (Å²) in [6, 6.07) is 9.75. The lowest BCUT2D eigenvalue weighted by atomic mass is 10.2. The maximum absolute atomic E-state index is 12.2. The molecule has 0 spiro atoms. The first kappa shape index (κ1) is 13.8. The average Bonchev–Trinajstić information content (AvgIpc) is 2.45. The zero-order valence-corrected chi connectivity index (χ0v) is 11.6. The molecule has 0 aliphatic heterocycles. The molecule has 0 aliphatic carbocycles. The van der Waals surface area contributed by atoms with Gasteiger partial charge in [-0.05, 0) is 30.5 Å². The van der Waals surface area contributed by atoms with Gasteiger partial charge in [-0.1, -0.05) is 38.0 Å². The van der Waals surface area contributed by atoms with Crippen LogP contribution in [0.15, 0.2) is 41.3 Å². The second-order valence-electron chi connectivity index (χ2n) is 4.86. The fourth-order valence-electron chi connectivity index (χ4n) is 2.23. The van der Waals surface area contributed by atoms with Crippen LogP contribution in [0.25, 0.3) is 10.8 Å². The summed E-state index contributed by atoms with van der Waals surface area (Å²) in [5, 5.41) is 5.20. The van der Waals surface area contributed by atoms with Gasteiger partial charge in [-0.2, -0.15) is 0 Å². The molecule has 0 atom stereocenters. The molecule has 0 radical (unpaired) electrons.